The van der Waals surface area contributed by atoms with Crippen LogP contribution in [0.5, 0.6) is 0 Å². The molecule has 8 N–H and O–H groups in total. The molecule has 2 rings (SSSR count). The quantitative estimate of drug-likeness (QED) is 0.147. The van der Waals surface area contributed by atoms with Crippen molar-refractivity contribution in [1.82, 2.24) is 10.4 Å². The van der Waals surface area contributed by atoms with Crippen molar-refractivity contribution in [2.75, 3.05) is 26.2 Å². The summed E-state index contributed by atoms with van der Waals surface area (Å²) < 4.78 is 0. The third kappa shape index (κ3) is 7.12. The summed E-state index contributed by atoms with van der Waals surface area (Å²) >= 11 is 0. The number of rotatable bonds is 11. The van der Waals surface area contributed by atoms with E-state index in [4.69, 9.17) is 17.2 Å². The number of aliphatic carboxylic acids is 1. The minimum absolute atomic E-state index is 0.0290. The van der Waals surface area contributed by atoms with E-state index in [1.807, 2.05) is 11.1 Å². The molecule has 0 radical (unpaired) electrons. The first-order valence-corrected chi connectivity index (χ1v) is 9.94. The van der Waals surface area contributed by atoms with Crippen LogP contribution >= 0.6 is 0 Å². The minimum Gasteiger partial charge on any atom is -0.480 e. The van der Waals surface area contributed by atoms with Gasteiger partial charge in [0.1, 0.15) is 0 Å². The molecule has 9 heteroatoms. The van der Waals surface area contributed by atoms with Gasteiger partial charge in [0.25, 0.3) is 0 Å². The maximum atomic E-state index is 12.5. The Bertz CT molecular complexity index is 699. The van der Waals surface area contributed by atoms with E-state index < -0.39 is 17.3 Å². The highest BCUT2D eigenvalue weighted by Crippen LogP contribution is 2.21. The van der Waals surface area contributed by atoms with Crippen LogP contribution in [0.4, 0.5) is 0 Å². The molecule has 0 amide bonds. The number of aliphatic imine (C=N–C) groups is 1. The van der Waals surface area contributed by atoms with Gasteiger partial charge in [-0.1, -0.05) is 30.3 Å². The average molecular weight is 405 g/mol. The van der Waals surface area contributed by atoms with Gasteiger partial charge in [0.05, 0.1) is 6.54 Å². The Kier molecular flexibility index (Phi) is 8.56. The van der Waals surface area contributed by atoms with Crippen LogP contribution in [0, 0.1) is 5.92 Å². The molecule has 1 aromatic carbocycles. The van der Waals surface area contributed by atoms with Crippen LogP contribution in [0.2, 0.25) is 0 Å². The Labute approximate surface area is 171 Å². The minimum atomic E-state index is -1.95. The van der Waals surface area contributed by atoms with Crippen molar-refractivity contribution in [3.63, 3.8) is 0 Å². The van der Waals surface area contributed by atoms with Gasteiger partial charge in [-0.25, -0.2) is 15.2 Å². The van der Waals surface area contributed by atoms with Crippen LogP contribution in [0.1, 0.15) is 31.2 Å². The molecular formula is C20H32N6O3. The van der Waals surface area contributed by atoms with Gasteiger partial charge in [-0.3, -0.25) is 9.79 Å². The predicted molar refractivity (Wildman–Crippen MR) is 112 cm³/mol. The number of carbonyl (C=O) groups excluding carboxylic acids is 1. The van der Waals surface area contributed by atoms with Gasteiger partial charge in [-0.05, 0) is 43.6 Å². The lowest BCUT2D eigenvalue weighted by atomic mass is 9.89. The lowest BCUT2D eigenvalue weighted by molar-refractivity contribution is -0.148. The monoisotopic (exact) mass is 404 g/mol. The SMILES string of the molecule is NC(N)=NCCCC(N)(C(=O)O)C(=O)CNN1CCC(Cc2ccccc2)CC1. The molecule has 0 aromatic heterocycles. The summed E-state index contributed by atoms with van der Waals surface area (Å²) in [7, 11) is 0. The molecule has 1 saturated heterocycles. The summed E-state index contributed by atoms with van der Waals surface area (Å²) in [5, 5.41) is 11.4. The number of hydrazine groups is 1. The van der Waals surface area contributed by atoms with E-state index in [1.54, 1.807) is 0 Å². The van der Waals surface area contributed by atoms with Crippen LogP contribution < -0.4 is 22.6 Å². The molecule has 1 unspecified atom stereocenters. The summed E-state index contributed by atoms with van der Waals surface area (Å²) in [6.45, 7) is 1.72. The number of carbonyl (C=O) groups is 2. The summed E-state index contributed by atoms with van der Waals surface area (Å²) in [5.41, 5.74) is 18.8. The van der Waals surface area contributed by atoms with Crippen molar-refractivity contribution in [2.24, 2.45) is 28.1 Å². The van der Waals surface area contributed by atoms with Crippen LogP contribution in [0.15, 0.2) is 35.3 Å². The number of hydrogen-bond donors (Lipinski definition) is 5. The Morgan fingerprint density at radius 1 is 1.21 bits per heavy atom. The van der Waals surface area contributed by atoms with Gasteiger partial charge in [0.15, 0.2) is 17.3 Å². The van der Waals surface area contributed by atoms with Gasteiger partial charge in [-0.2, -0.15) is 0 Å². The molecule has 1 heterocycles. The van der Waals surface area contributed by atoms with Gasteiger partial charge >= 0.3 is 5.97 Å². The van der Waals surface area contributed by atoms with E-state index in [0.717, 1.165) is 32.4 Å². The first-order valence-electron chi connectivity index (χ1n) is 9.94. The van der Waals surface area contributed by atoms with Crippen molar-refractivity contribution < 1.29 is 14.7 Å². The smallest absolute Gasteiger partial charge is 0.331 e. The van der Waals surface area contributed by atoms with Crippen LogP contribution in [-0.4, -0.2) is 59.5 Å². The third-order valence-electron chi connectivity index (χ3n) is 5.35. The molecule has 160 valence electrons. The van der Waals surface area contributed by atoms with Gasteiger partial charge in [-0.15, -0.1) is 0 Å². The molecule has 1 aromatic rings. The number of nitrogens with two attached hydrogens (primary N) is 3. The highest BCUT2D eigenvalue weighted by molar-refractivity contribution is 6.08. The molecule has 0 saturated carbocycles. The maximum Gasteiger partial charge on any atom is 0.331 e. The topological polar surface area (TPSA) is 160 Å². The molecule has 1 aliphatic rings. The fourth-order valence-electron chi connectivity index (χ4n) is 3.52. The average Bonchev–Trinajstić information content (AvgIpc) is 2.70. The van der Waals surface area contributed by atoms with Crippen LogP contribution in [0.25, 0.3) is 0 Å². The second-order valence-corrected chi connectivity index (χ2v) is 7.56. The summed E-state index contributed by atoms with van der Waals surface area (Å²) in [6.07, 6.45) is 3.35. The number of guanidine groups is 1. The molecule has 29 heavy (non-hydrogen) atoms. The number of benzene rings is 1. The largest absolute Gasteiger partial charge is 0.480 e. The van der Waals surface area contributed by atoms with Crippen molar-refractivity contribution in [1.29, 1.82) is 0 Å². The standard InChI is InChI=1S/C20H32N6O3/c21-19(22)24-10-4-9-20(23,18(28)29)17(27)14-25-26-11-7-16(8-12-26)13-15-5-2-1-3-6-15/h1-3,5-6,16,25H,4,7-14,23H2,(H,28,29)(H4,21,22,24). The van der Waals surface area contributed by atoms with E-state index in [0.29, 0.717) is 12.3 Å². The van der Waals surface area contributed by atoms with Crippen molar-refractivity contribution in [3.8, 4) is 0 Å². The highest BCUT2D eigenvalue weighted by atomic mass is 16.4. The Balaban J connectivity index is 1.76. The Morgan fingerprint density at radius 3 is 2.45 bits per heavy atom. The van der Waals surface area contributed by atoms with Crippen molar-refractivity contribution >= 4 is 17.7 Å². The number of Topliss-reactive ketones (excluding diaryl/α,β-unsaturated/α-hetero) is 1. The van der Waals surface area contributed by atoms with E-state index in [2.05, 4.69) is 34.7 Å². The van der Waals surface area contributed by atoms with Crippen molar-refractivity contribution in [2.45, 2.75) is 37.6 Å². The zero-order chi connectivity index (χ0) is 21.3. The number of piperidine rings is 1. The molecular weight excluding hydrogens is 372 g/mol. The van der Waals surface area contributed by atoms with E-state index in [9.17, 15) is 14.7 Å². The maximum absolute atomic E-state index is 12.5. The molecule has 0 bridgehead atoms. The van der Waals surface area contributed by atoms with Gasteiger partial charge in [0, 0.05) is 19.6 Å². The Hall–Kier alpha value is -2.49. The van der Waals surface area contributed by atoms with E-state index in [1.165, 1.54) is 5.56 Å². The number of carboxylic acids is 1. The normalized spacial score (nSPS) is 17.4. The molecule has 0 spiro atoms. The van der Waals surface area contributed by atoms with E-state index >= 15 is 0 Å². The van der Waals surface area contributed by atoms with Gasteiger partial charge < -0.3 is 22.3 Å². The first-order chi connectivity index (χ1) is 13.8. The van der Waals surface area contributed by atoms with E-state index in [-0.39, 0.29) is 25.5 Å². The zero-order valence-corrected chi connectivity index (χ0v) is 16.7. The lowest BCUT2D eigenvalue weighted by Crippen LogP contribution is -2.59. The van der Waals surface area contributed by atoms with Gasteiger partial charge in [0.2, 0.25) is 0 Å². The number of hydrogen-bond acceptors (Lipinski definition) is 6. The van der Waals surface area contributed by atoms with Crippen LogP contribution in [-0.2, 0) is 16.0 Å². The molecule has 1 atom stereocenters. The number of nitrogens with zero attached hydrogens (tertiary/aromatic N) is 2. The van der Waals surface area contributed by atoms with Crippen LogP contribution in [0.3, 0.4) is 0 Å². The molecule has 9 nitrogen and oxygen atoms in total. The number of ketones is 1. The third-order valence-corrected chi connectivity index (χ3v) is 5.35. The summed E-state index contributed by atoms with van der Waals surface area (Å²) in [5.74, 6) is -1.36. The van der Waals surface area contributed by atoms with Crippen molar-refractivity contribution in [3.05, 3.63) is 35.9 Å². The predicted octanol–water partition coefficient (Wildman–Crippen LogP) is -0.149. The second-order valence-electron chi connectivity index (χ2n) is 7.56. The lowest BCUT2D eigenvalue weighted by Gasteiger charge is -2.33. The fourth-order valence-corrected chi connectivity index (χ4v) is 3.52. The molecule has 1 aliphatic heterocycles. The Morgan fingerprint density at radius 2 is 1.86 bits per heavy atom. The first kappa shape index (κ1) is 22.8. The second kappa shape index (κ2) is 10.9. The molecule has 0 aliphatic carbocycles. The number of carboxylic acid groups (broad SMARTS) is 1. The number of nitrogens with one attached hydrogen (secondary N) is 1. The molecule has 1 fully saturated rings. The summed E-state index contributed by atoms with van der Waals surface area (Å²) in [4.78, 5) is 27.9. The summed E-state index contributed by atoms with van der Waals surface area (Å²) in [6, 6.07) is 10.4. The fraction of sp³-hybridized carbons (Fsp3) is 0.550. The highest BCUT2D eigenvalue weighted by Gasteiger charge is 2.41. The zero-order valence-electron chi connectivity index (χ0n) is 16.7.